The van der Waals surface area contributed by atoms with E-state index in [-0.39, 0.29) is 0 Å². The van der Waals surface area contributed by atoms with Crippen LogP contribution in [-0.4, -0.2) is 25.2 Å². The number of nitrogens with zero attached hydrogens (tertiary/aromatic N) is 5. The van der Waals surface area contributed by atoms with Crippen molar-refractivity contribution in [1.82, 2.24) is 25.2 Å². The van der Waals surface area contributed by atoms with Crippen molar-refractivity contribution in [2.24, 2.45) is 5.73 Å². The first-order valence-electron chi connectivity index (χ1n) is 3.78. The van der Waals surface area contributed by atoms with Gasteiger partial charge in [0.25, 0.3) is 0 Å². The lowest BCUT2D eigenvalue weighted by atomic mass is 10.3. The van der Waals surface area contributed by atoms with E-state index in [2.05, 4.69) is 20.5 Å². The molecule has 0 amide bonds. The van der Waals surface area contributed by atoms with Crippen molar-refractivity contribution >= 4 is 0 Å². The van der Waals surface area contributed by atoms with Crippen molar-refractivity contribution in [3.63, 3.8) is 0 Å². The van der Waals surface area contributed by atoms with E-state index < -0.39 is 0 Å². The SMILES string of the molecule is NCc1ccc(-n2cnnn2)nc1. The van der Waals surface area contributed by atoms with Crippen molar-refractivity contribution < 1.29 is 0 Å². The monoisotopic (exact) mass is 176 g/mol. The van der Waals surface area contributed by atoms with Crippen LogP contribution in [0.2, 0.25) is 0 Å². The van der Waals surface area contributed by atoms with Gasteiger partial charge in [-0.25, -0.2) is 4.98 Å². The summed E-state index contributed by atoms with van der Waals surface area (Å²) in [6, 6.07) is 3.71. The lowest BCUT2D eigenvalue weighted by Gasteiger charge is -1.98. The van der Waals surface area contributed by atoms with Gasteiger partial charge in [-0.1, -0.05) is 6.07 Å². The predicted molar refractivity (Wildman–Crippen MR) is 44.8 cm³/mol. The first kappa shape index (κ1) is 7.81. The third kappa shape index (κ3) is 1.52. The van der Waals surface area contributed by atoms with Crippen LogP contribution in [0.25, 0.3) is 5.82 Å². The molecular weight excluding hydrogens is 168 g/mol. The lowest BCUT2D eigenvalue weighted by molar-refractivity contribution is 0.769. The third-order valence-corrected chi connectivity index (χ3v) is 1.63. The van der Waals surface area contributed by atoms with E-state index in [1.165, 1.54) is 11.0 Å². The highest BCUT2D eigenvalue weighted by Gasteiger charge is 1.97. The molecule has 0 spiro atoms. The molecule has 2 heterocycles. The van der Waals surface area contributed by atoms with Crippen LogP contribution in [0.1, 0.15) is 5.56 Å². The Morgan fingerprint density at radius 3 is 2.85 bits per heavy atom. The molecule has 0 saturated heterocycles. The molecule has 0 aliphatic carbocycles. The second kappa shape index (κ2) is 3.28. The van der Waals surface area contributed by atoms with E-state index in [1.54, 1.807) is 6.20 Å². The van der Waals surface area contributed by atoms with Gasteiger partial charge in [0.2, 0.25) is 0 Å². The van der Waals surface area contributed by atoms with Gasteiger partial charge < -0.3 is 5.73 Å². The Labute approximate surface area is 74.4 Å². The number of aromatic nitrogens is 5. The first-order chi connectivity index (χ1) is 6.40. The number of rotatable bonds is 2. The van der Waals surface area contributed by atoms with Gasteiger partial charge in [0.15, 0.2) is 5.82 Å². The summed E-state index contributed by atoms with van der Waals surface area (Å²) in [5, 5.41) is 10.7. The summed E-state index contributed by atoms with van der Waals surface area (Å²) < 4.78 is 1.49. The minimum Gasteiger partial charge on any atom is -0.326 e. The largest absolute Gasteiger partial charge is 0.326 e. The second-order valence-corrected chi connectivity index (χ2v) is 2.48. The molecule has 66 valence electrons. The van der Waals surface area contributed by atoms with Gasteiger partial charge in [0, 0.05) is 12.7 Å². The summed E-state index contributed by atoms with van der Waals surface area (Å²) in [6.45, 7) is 0.489. The summed E-state index contributed by atoms with van der Waals surface area (Å²) in [4.78, 5) is 4.13. The molecule has 0 saturated carbocycles. The Morgan fingerprint density at radius 1 is 1.38 bits per heavy atom. The van der Waals surface area contributed by atoms with Crippen LogP contribution in [0.4, 0.5) is 0 Å². The maximum Gasteiger partial charge on any atom is 0.156 e. The molecular formula is C7H8N6. The minimum atomic E-state index is 0.489. The zero-order chi connectivity index (χ0) is 9.10. The molecule has 0 aromatic carbocycles. The molecule has 0 atom stereocenters. The third-order valence-electron chi connectivity index (χ3n) is 1.63. The molecule has 0 bridgehead atoms. The van der Waals surface area contributed by atoms with Crippen LogP contribution in [0.3, 0.4) is 0 Å². The zero-order valence-corrected chi connectivity index (χ0v) is 6.83. The van der Waals surface area contributed by atoms with Crippen molar-refractivity contribution in [3.8, 4) is 5.82 Å². The molecule has 0 aliphatic heterocycles. The van der Waals surface area contributed by atoms with Crippen LogP contribution in [0, 0.1) is 0 Å². The summed E-state index contributed by atoms with van der Waals surface area (Å²) in [5.41, 5.74) is 6.41. The maximum atomic E-state index is 5.43. The van der Waals surface area contributed by atoms with E-state index in [0.29, 0.717) is 12.4 Å². The van der Waals surface area contributed by atoms with Crippen molar-refractivity contribution in [3.05, 3.63) is 30.2 Å². The standard InChI is InChI=1S/C7H8N6/c8-3-6-1-2-7(9-4-6)13-5-10-11-12-13/h1-2,4-5H,3,8H2. The van der Waals surface area contributed by atoms with E-state index in [4.69, 9.17) is 5.73 Å². The summed E-state index contributed by atoms with van der Waals surface area (Å²) in [5.74, 6) is 0.683. The van der Waals surface area contributed by atoms with E-state index in [9.17, 15) is 0 Å². The first-order valence-corrected chi connectivity index (χ1v) is 3.78. The highest BCUT2D eigenvalue weighted by atomic mass is 15.5. The molecule has 2 aromatic heterocycles. The molecule has 2 rings (SSSR count). The Bertz CT molecular complexity index is 364. The molecule has 0 unspecified atom stereocenters. The van der Waals surface area contributed by atoms with Crippen molar-refractivity contribution in [2.45, 2.75) is 6.54 Å². The fourth-order valence-corrected chi connectivity index (χ4v) is 0.939. The van der Waals surface area contributed by atoms with Crippen LogP contribution in [0.5, 0.6) is 0 Å². The normalized spacial score (nSPS) is 10.2. The fourth-order valence-electron chi connectivity index (χ4n) is 0.939. The molecule has 0 aliphatic rings. The Balaban J connectivity index is 2.33. The Kier molecular flexibility index (Phi) is 1.97. The average Bonchev–Trinajstić information content (AvgIpc) is 2.71. The quantitative estimate of drug-likeness (QED) is 0.668. The number of hydrogen-bond acceptors (Lipinski definition) is 5. The summed E-state index contributed by atoms with van der Waals surface area (Å²) in [7, 11) is 0. The smallest absolute Gasteiger partial charge is 0.156 e. The Hall–Kier alpha value is -1.82. The summed E-state index contributed by atoms with van der Waals surface area (Å²) in [6.07, 6.45) is 3.20. The highest BCUT2D eigenvalue weighted by molar-refractivity contribution is 5.23. The summed E-state index contributed by atoms with van der Waals surface area (Å²) >= 11 is 0. The van der Waals surface area contributed by atoms with E-state index >= 15 is 0 Å². The molecule has 2 N–H and O–H groups in total. The maximum absolute atomic E-state index is 5.43. The van der Waals surface area contributed by atoms with E-state index in [0.717, 1.165) is 5.56 Å². The lowest BCUT2D eigenvalue weighted by Crippen LogP contribution is -2.01. The van der Waals surface area contributed by atoms with E-state index in [1.807, 2.05) is 12.1 Å². The van der Waals surface area contributed by atoms with Gasteiger partial charge in [0.05, 0.1) is 0 Å². The van der Waals surface area contributed by atoms with Gasteiger partial charge in [-0.15, -0.1) is 5.10 Å². The van der Waals surface area contributed by atoms with Crippen LogP contribution in [-0.2, 0) is 6.54 Å². The van der Waals surface area contributed by atoms with Crippen molar-refractivity contribution in [1.29, 1.82) is 0 Å². The van der Waals surface area contributed by atoms with Crippen LogP contribution >= 0.6 is 0 Å². The van der Waals surface area contributed by atoms with Crippen LogP contribution in [0.15, 0.2) is 24.7 Å². The Morgan fingerprint density at radius 2 is 2.31 bits per heavy atom. The molecule has 13 heavy (non-hydrogen) atoms. The average molecular weight is 176 g/mol. The molecule has 0 radical (unpaired) electrons. The van der Waals surface area contributed by atoms with Gasteiger partial charge in [-0.3, -0.25) is 0 Å². The number of hydrogen-bond donors (Lipinski definition) is 1. The number of tetrazole rings is 1. The molecule has 6 nitrogen and oxygen atoms in total. The van der Waals surface area contributed by atoms with Crippen LogP contribution < -0.4 is 5.73 Å². The molecule has 0 fully saturated rings. The number of nitrogens with two attached hydrogens (primary N) is 1. The predicted octanol–water partition coefficient (Wildman–Crippen LogP) is -0.484. The fraction of sp³-hybridized carbons (Fsp3) is 0.143. The highest BCUT2D eigenvalue weighted by Crippen LogP contribution is 2.01. The zero-order valence-electron chi connectivity index (χ0n) is 6.83. The second-order valence-electron chi connectivity index (χ2n) is 2.48. The van der Waals surface area contributed by atoms with Crippen molar-refractivity contribution in [2.75, 3.05) is 0 Å². The topological polar surface area (TPSA) is 82.5 Å². The minimum absolute atomic E-state index is 0.489. The van der Waals surface area contributed by atoms with Gasteiger partial charge in [-0.2, -0.15) is 4.68 Å². The number of pyridine rings is 1. The van der Waals surface area contributed by atoms with Gasteiger partial charge in [-0.05, 0) is 22.1 Å². The van der Waals surface area contributed by atoms with Gasteiger partial charge >= 0.3 is 0 Å². The molecule has 6 heteroatoms. The van der Waals surface area contributed by atoms with Gasteiger partial charge in [0.1, 0.15) is 6.33 Å². The molecule has 2 aromatic rings.